The van der Waals surface area contributed by atoms with Gasteiger partial charge in [-0.3, -0.25) is 14.6 Å². The first-order valence-electron chi connectivity index (χ1n) is 11.9. The van der Waals surface area contributed by atoms with Gasteiger partial charge in [-0.2, -0.15) is 13.2 Å². The van der Waals surface area contributed by atoms with E-state index in [1.165, 1.54) is 11.0 Å². The summed E-state index contributed by atoms with van der Waals surface area (Å²) < 4.78 is 39.2. The van der Waals surface area contributed by atoms with Crippen LogP contribution in [0.4, 0.5) is 13.2 Å². The van der Waals surface area contributed by atoms with E-state index >= 15 is 0 Å². The number of hydrogen-bond acceptors (Lipinski definition) is 5. The van der Waals surface area contributed by atoms with Gasteiger partial charge in [-0.1, -0.05) is 18.7 Å². The normalized spacial score (nSPS) is 17.2. The second-order valence-corrected chi connectivity index (χ2v) is 9.70. The molecule has 0 bridgehead atoms. The number of benzene rings is 1. The zero-order chi connectivity index (χ0) is 26.5. The van der Waals surface area contributed by atoms with Crippen LogP contribution in [-0.4, -0.2) is 37.4 Å². The van der Waals surface area contributed by atoms with Gasteiger partial charge in [0, 0.05) is 25.4 Å². The Morgan fingerprint density at radius 1 is 1.24 bits per heavy atom. The Hall–Kier alpha value is -3.79. The van der Waals surface area contributed by atoms with E-state index in [0.717, 1.165) is 47.7 Å². The second-order valence-electron chi connectivity index (χ2n) is 9.70. The van der Waals surface area contributed by atoms with Gasteiger partial charge in [0.1, 0.15) is 5.82 Å². The van der Waals surface area contributed by atoms with Crippen molar-refractivity contribution in [3.05, 3.63) is 99.0 Å². The summed E-state index contributed by atoms with van der Waals surface area (Å²) in [5.74, 6) is -0.213. The van der Waals surface area contributed by atoms with Crippen LogP contribution in [0.3, 0.4) is 0 Å². The number of aliphatic hydroxyl groups is 1. The molecule has 0 unspecified atom stereocenters. The molecule has 2 N–H and O–H groups in total. The summed E-state index contributed by atoms with van der Waals surface area (Å²) in [6, 6.07) is 6.05. The summed E-state index contributed by atoms with van der Waals surface area (Å²) in [7, 11) is 0. The Kier molecular flexibility index (Phi) is 6.02. The summed E-state index contributed by atoms with van der Waals surface area (Å²) in [5, 5.41) is 10.5. The van der Waals surface area contributed by atoms with Crippen LogP contribution in [-0.2, 0) is 29.4 Å². The molecule has 0 spiro atoms. The van der Waals surface area contributed by atoms with Crippen LogP contribution in [0.2, 0.25) is 0 Å². The molecule has 2 aliphatic rings. The number of aromatic amines is 1. The minimum Gasteiger partial charge on any atom is -0.378 e. The SMILES string of the molecule is C=C(C)c1cncc(C2(c3nc4c(c(=O)[nH]3)CN(C(=O)[C@H](O)c3cccc(C(F)(F)F)c3)CC4)CC2)c1. The molecule has 5 rings (SSSR count). The number of rotatable bonds is 5. The van der Waals surface area contributed by atoms with Gasteiger partial charge in [-0.15, -0.1) is 0 Å². The number of pyridine rings is 1. The number of carbonyl (C=O) groups is 1. The Morgan fingerprint density at radius 3 is 2.68 bits per heavy atom. The van der Waals surface area contributed by atoms with Crippen molar-refractivity contribution >= 4 is 11.5 Å². The summed E-state index contributed by atoms with van der Waals surface area (Å²) in [6.07, 6.45) is -0.960. The van der Waals surface area contributed by atoms with Gasteiger partial charge < -0.3 is 15.0 Å². The number of nitrogens with zero attached hydrogens (tertiary/aromatic N) is 3. The van der Waals surface area contributed by atoms with E-state index in [0.29, 0.717) is 17.1 Å². The Balaban J connectivity index is 1.39. The zero-order valence-corrected chi connectivity index (χ0v) is 20.1. The summed E-state index contributed by atoms with van der Waals surface area (Å²) in [5.41, 5.74) is 1.72. The van der Waals surface area contributed by atoms with Crippen molar-refractivity contribution in [2.75, 3.05) is 6.54 Å². The Bertz CT molecular complexity index is 1460. The van der Waals surface area contributed by atoms with Crippen LogP contribution in [0.1, 0.15) is 65.2 Å². The number of aromatic nitrogens is 3. The lowest BCUT2D eigenvalue weighted by Crippen LogP contribution is -2.42. The molecule has 0 saturated heterocycles. The lowest BCUT2D eigenvalue weighted by Gasteiger charge is -2.30. The molecule has 0 radical (unpaired) electrons. The third-order valence-corrected chi connectivity index (χ3v) is 7.13. The second kappa shape index (κ2) is 8.95. The average Bonchev–Trinajstić information content (AvgIpc) is 3.69. The van der Waals surface area contributed by atoms with E-state index in [1.807, 2.05) is 13.0 Å². The summed E-state index contributed by atoms with van der Waals surface area (Å²) in [4.78, 5) is 39.3. The number of aliphatic hydroxyl groups excluding tert-OH is 1. The van der Waals surface area contributed by atoms with Crippen molar-refractivity contribution in [1.29, 1.82) is 0 Å². The molecule has 1 aliphatic carbocycles. The molecule has 7 nitrogen and oxygen atoms in total. The van der Waals surface area contributed by atoms with Crippen LogP contribution in [0.15, 0.2) is 54.1 Å². The third-order valence-electron chi connectivity index (χ3n) is 7.13. The first kappa shape index (κ1) is 24.9. The smallest absolute Gasteiger partial charge is 0.378 e. The van der Waals surface area contributed by atoms with E-state index in [2.05, 4.69) is 16.5 Å². The molecule has 1 atom stereocenters. The molecule has 192 valence electrons. The monoisotopic (exact) mass is 510 g/mol. The van der Waals surface area contributed by atoms with Gasteiger partial charge in [0.05, 0.1) is 28.8 Å². The van der Waals surface area contributed by atoms with Crippen molar-refractivity contribution in [2.45, 2.75) is 50.4 Å². The molecule has 1 aromatic carbocycles. The fraction of sp³-hybridized carbons (Fsp3) is 0.333. The minimum absolute atomic E-state index is 0.0908. The van der Waals surface area contributed by atoms with Gasteiger partial charge >= 0.3 is 6.18 Å². The highest BCUT2D eigenvalue weighted by Gasteiger charge is 2.49. The number of carbonyl (C=O) groups excluding carboxylic acids is 1. The highest BCUT2D eigenvalue weighted by molar-refractivity contribution is 5.82. The lowest BCUT2D eigenvalue weighted by atomic mass is 9.93. The van der Waals surface area contributed by atoms with Gasteiger partial charge in [0.25, 0.3) is 11.5 Å². The quantitative estimate of drug-likeness (QED) is 0.542. The summed E-state index contributed by atoms with van der Waals surface area (Å²) >= 11 is 0. The maximum atomic E-state index is 13.1. The number of H-pyrrole nitrogens is 1. The van der Waals surface area contributed by atoms with Crippen LogP contribution >= 0.6 is 0 Å². The predicted molar refractivity (Wildman–Crippen MR) is 129 cm³/mol. The first-order valence-corrected chi connectivity index (χ1v) is 11.9. The van der Waals surface area contributed by atoms with Crippen molar-refractivity contribution in [2.24, 2.45) is 0 Å². The minimum atomic E-state index is -4.60. The molecule has 10 heteroatoms. The van der Waals surface area contributed by atoms with Gasteiger partial charge in [0.15, 0.2) is 6.10 Å². The fourth-order valence-corrected chi connectivity index (χ4v) is 4.76. The van der Waals surface area contributed by atoms with Crippen LogP contribution in [0.5, 0.6) is 0 Å². The average molecular weight is 511 g/mol. The fourth-order valence-electron chi connectivity index (χ4n) is 4.76. The largest absolute Gasteiger partial charge is 0.416 e. The highest BCUT2D eigenvalue weighted by atomic mass is 19.4. The van der Waals surface area contributed by atoms with Crippen molar-refractivity contribution in [1.82, 2.24) is 19.9 Å². The summed E-state index contributed by atoms with van der Waals surface area (Å²) in [6.45, 7) is 5.95. The van der Waals surface area contributed by atoms with E-state index in [9.17, 15) is 27.9 Å². The molecule has 3 heterocycles. The topological polar surface area (TPSA) is 99.2 Å². The number of allylic oxidation sites excluding steroid dienone is 1. The van der Waals surface area contributed by atoms with Crippen LogP contribution < -0.4 is 5.56 Å². The van der Waals surface area contributed by atoms with Gasteiger partial charge in [-0.25, -0.2) is 4.98 Å². The number of fused-ring (bicyclic) bond motifs is 1. The first-order chi connectivity index (χ1) is 17.5. The standard InChI is InChI=1S/C27H25F3N4O3/c1-15(2)17-11-19(13-31-12-17)26(7-8-26)25-32-21-6-9-34(14-20(21)23(36)33-25)24(37)22(35)16-4-3-5-18(10-16)27(28,29)30/h3-5,10-13,22,35H,1,6-9,14H2,2H3,(H,32,33,36)/t22-/m1/s1. The molecule has 1 aliphatic heterocycles. The maximum absolute atomic E-state index is 13.1. The van der Waals surface area contributed by atoms with Crippen LogP contribution in [0.25, 0.3) is 5.57 Å². The Labute approximate surface area is 210 Å². The number of hydrogen-bond donors (Lipinski definition) is 2. The lowest BCUT2D eigenvalue weighted by molar-refractivity contribution is -0.142. The molecular formula is C27H25F3N4O3. The van der Waals surface area contributed by atoms with Crippen molar-refractivity contribution < 1.29 is 23.1 Å². The van der Waals surface area contributed by atoms with E-state index < -0.39 is 29.2 Å². The van der Waals surface area contributed by atoms with Gasteiger partial charge in [-0.05, 0) is 60.2 Å². The van der Waals surface area contributed by atoms with E-state index in [-0.39, 0.29) is 30.6 Å². The van der Waals surface area contributed by atoms with Gasteiger partial charge in [0.2, 0.25) is 0 Å². The molecule has 1 fully saturated rings. The van der Waals surface area contributed by atoms with E-state index in [1.54, 1.807) is 12.4 Å². The molecule has 1 saturated carbocycles. The zero-order valence-electron chi connectivity index (χ0n) is 20.1. The number of amides is 1. The van der Waals surface area contributed by atoms with E-state index in [4.69, 9.17) is 4.98 Å². The number of alkyl halides is 3. The molecule has 2 aromatic heterocycles. The molecule has 3 aromatic rings. The highest BCUT2D eigenvalue weighted by Crippen LogP contribution is 2.52. The number of nitrogens with one attached hydrogen (secondary N) is 1. The third kappa shape index (κ3) is 4.57. The molecule has 37 heavy (non-hydrogen) atoms. The van der Waals surface area contributed by atoms with Crippen LogP contribution in [0, 0.1) is 0 Å². The molecule has 1 amide bonds. The molecular weight excluding hydrogens is 485 g/mol. The number of halogens is 3. The maximum Gasteiger partial charge on any atom is 0.416 e. The predicted octanol–water partition coefficient (Wildman–Crippen LogP) is 3.92. The Morgan fingerprint density at radius 2 is 2.00 bits per heavy atom. The van der Waals surface area contributed by atoms with Crippen molar-refractivity contribution in [3.63, 3.8) is 0 Å². The van der Waals surface area contributed by atoms with Crippen molar-refractivity contribution in [3.8, 4) is 0 Å².